The highest BCUT2D eigenvalue weighted by Gasteiger charge is 2.34. The standard InChI is InChI=1S/C13H17NO2S/c15-13(10-3-4-10)14-6-5-12(17-9-7-14)11-2-1-8-16-11/h1-2,8,10,12H,3-7,9H2. The predicted molar refractivity (Wildman–Crippen MR) is 67.8 cm³/mol. The van der Waals surface area contributed by atoms with Crippen LogP contribution in [0.25, 0.3) is 0 Å². The van der Waals surface area contributed by atoms with E-state index >= 15 is 0 Å². The molecule has 92 valence electrons. The van der Waals surface area contributed by atoms with Crippen molar-refractivity contribution in [3.05, 3.63) is 24.2 Å². The number of thioether (sulfide) groups is 1. The van der Waals surface area contributed by atoms with E-state index in [0.29, 0.717) is 17.1 Å². The number of rotatable bonds is 2. The molecule has 0 aromatic carbocycles. The van der Waals surface area contributed by atoms with Gasteiger partial charge in [0.1, 0.15) is 5.76 Å². The van der Waals surface area contributed by atoms with Gasteiger partial charge in [-0.05, 0) is 31.4 Å². The number of nitrogens with zero attached hydrogens (tertiary/aromatic N) is 1. The van der Waals surface area contributed by atoms with Crippen molar-refractivity contribution in [3.63, 3.8) is 0 Å². The lowest BCUT2D eigenvalue weighted by Crippen LogP contribution is -2.34. The Kier molecular flexibility index (Phi) is 3.14. The van der Waals surface area contributed by atoms with Gasteiger partial charge in [0.05, 0.1) is 11.5 Å². The number of amides is 1. The molecule has 0 bridgehead atoms. The van der Waals surface area contributed by atoms with Gasteiger partial charge in [0, 0.05) is 24.8 Å². The lowest BCUT2D eigenvalue weighted by molar-refractivity contribution is -0.132. The van der Waals surface area contributed by atoms with Gasteiger partial charge in [-0.15, -0.1) is 11.8 Å². The second-order valence-corrected chi connectivity index (χ2v) is 6.07. The topological polar surface area (TPSA) is 33.5 Å². The molecule has 1 atom stereocenters. The Hall–Kier alpha value is -0.900. The fourth-order valence-electron chi connectivity index (χ4n) is 2.28. The summed E-state index contributed by atoms with van der Waals surface area (Å²) in [5.74, 6) is 2.80. The summed E-state index contributed by atoms with van der Waals surface area (Å²) in [7, 11) is 0. The highest BCUT2D eigenvalue weighted by molar-refractivity contribution is 7.99. The molecule has 2 fully saturated rings. The highest BCUT2D eigenvalue weighted by atomic mass is 32.2. The molecular weight excluding hydrogens is 234 g/mol. The summed E-state index contributed by atoms with van der Waals surface area (Å²) in [6.45, 7) is 1.78. The molecule has 1 aromatic rings. The SMILES string of the molecule is O=C(C1CC1)N1CCSC(c2ccco2)CC1. The first-order valence-corrected chi connectivity index (χ1v) is 7.33. The molecule has 1 saturated carbocycles. The zero-order valence-corrected chi connectivity index (χ0v) is 10.6. The lowest BCUT2D eigenvalue weighted by atomic mass is 10.2. The third kappa shape index (κ3) is 2.51. The van der Waals surface area contributed by atoms with Crippen LogP contribution in [0, 0.1) is 5.92 Å². The Balaban J connectivity index is 1.61. The van der Waals surface area contributed by atoms with E-state index in [0.717, 1.165) is 43.9 Å². The summed E-state index contributed by atoms with van der Waals surface area (Å²) < 4.78 is 5.46. The van der Waals surface area contributed by atoms with Gasteiger partial charge in [0.15, 0.2) is 0 Å². The van der Waals surface area contributed by atoms with E-state index in [2.05, 4.69) is 0 Å². The molecule has 1 unspecified atom stereocenters. The minimum Gasteiger partial charge on any atom is -0.468 e. The fourth-order valence-corrected chi connectivity index (χ4v) is 3.46. The summed E-state index contributed by atoms with van der Waals surface area (Å²) in [6, 6.07) is 3.98. The van der Waals surface area contributed by atoms with Gasteiger partial charge >= 0.3 is 0 Å². The smallest absolute Gasteiger partial charge is 0.225 e. The van der Waals surface area contributed by atoms with Crippen molar-refractivity contribution in [1.29, 1.82) is 0 Å². The second-order valence-electron chi connectivity index (χ2n) is 4.76. The van der Waals surface area contributed by atoms with Crippen molar-refractivity contribution < 1.29 is 9.21 Å². The van der Waals surface area contributed by atoms with Crippen molar-refractivity contribution in [2.45, 2.75) is 24.5 Å². The van der Waals surface area contributed by atoms with Crippen molar-refractivity contribution >= 4 is 17.7 Å². The average Bonchev–Trinajstić information content (AvgIpc) is 3.11. The van der Waals surface area contributed by atoms with Gasteiger partial charge in [-0.3, -0.25) is 4.79 Å². The van der Waals surface area contributed by atoms with Crippen LogP contribution in [-0.4, -0.2) is 29.6 Å². The fraction of sp³-hybridized carbons (Fsp3) is 0.615. The monoisotopic (exact) mass is 251 g/mol. The largest absolute Gasteiger partial charge is 0.468 e. The van der Waals surface area contributed by atoms with Crippen LogP contribution >= 0.6 is 11.8 Å². The second kappa shape index (κ2) is 4.77. The highest BCUT2D eigenvalue weighted by Crippen LogP contribution is 2.36. The first-order valence-electron chi connectivity index (χ1n) is 6.28. The summed E-state index contributed by atoms with van der Waals surface area (Å²) in [5, 5.41) is 0.419. The molecular formula is C13H17NO2S. The molecule has 1 aliphatic carbocycles. The maximum absolute atomic E-state index is 12.0. The van der Waals surface area contributed by atoms with Crippen LogP contribution in [0.15, 0.2) is 22.8 Å². The molecule has 2 heterocycles. The van der Waals surface area contributed by atoms with E-state index in [4.69, 9.17) is 4.42 Å². The maximum atomic E-state index is 12.0. The summed E-state index contributed by atoms with van der Waals surface area (Å²) in [5.41, 5.74) is 0. The Morgan fingerprint density at radius 1 is 1.35 bits per heavy atom. The van der Waals surface area contributed by atoms with E-state index < -0.39 is 0 Å². The summed E-state index contributed by atoms with van der Waals surface area (Å²) in [6.07, 6.45) is 4.94. The molecule has 3 rings (SSSR count). The van der Waals surface area contributed by atoms with Crippen LogP contribution in [0.4, 0.5) is 0 Å². The lowest BCUT2D eigenvalue weighted by Gasteiger charge is -2.19. The Morgan fingerprint density at radius 2 is 2.24 bits per heavy atom. The molecule has 1 saturated heterocycles. The van der Waals surface area contributed by atoms with E-state index in [9.17, 15) is 4.79 Å². The van der Waals surface area contributed by atoms with Crippen LogP contribution in [0.5, 0.6) is 0 Å². The van der Waals surface area contributed by atoms with Crippen molar-refractivity contribution in [1.82, 2.24) is 4.90 Å². The third-order valence-corrected chi connectivity index (χ3v) is 4.73. The van der Waals surface area contributed by atoms with Crippen LogP contribution in [0.1, 0.15) is 30.3 Å². The third-order valence-electron chi connectivity index (χ3n) is 3.44. The Bertz CT molecular complexity index is 386. The Labute approximate surface area is 106 Å². The first kappa shape index (κ1) is 11.2. The van der Waals surface area contributed by atoms with Gasteiger partial charge in [0.2, 0.25) is 5.91 Å². The predicted octanol–water partition coefficient (Wildman–Crippen LogP) is 2.70. The Morgan fingerprint density at radius 3 is 2.94 bits per heavy atom. The van der Waals surface area contributed by atoms with Crippen LogP contribution in [0.3, 0.4) is 0 Å². The van der Waals surface area contributed by atoms with Crippen molar-refractivity contribution in [2.75, 3.05) is 18.8 Å². The molecule has 0 spiro atoms. The number of hydrogen-bond donors (Lipinski definition) is 0. The van der Waals surface area contributed by atoms with Gasteiger partial charge in [-0.25, -0.2) is 0 Å². The number of furan rings is 1. The molecule has 2 aliphatic rings. The number of carbonyl (C=O) groups is 1. The minimum atomic E-state index is 0.347. The van der Waals surface area contributed by atoms with E-state index in [1.54, 1.807) is 6.26 Å². The molecule has 4 heteroatoms. The van der Waals surface area contributed by atoms with Crippen LogP contribution < -0.4 is 0 Å². The number of hydrogen-bond acceptors (Lipinski definition) is 3. The van der Waals surface area contributed by atoms with E-state index in [1.165, 1.54) is 0 Å². The van der Waals surface area contributed by atoms with Crippen LogP contribution in [0.2, 0.25) is 0 Å². The van der Waals surface area contributed by atoms with E-state index in [1.807, 2.05) is 28.8 Å². The molecule has 17 heavy (non-hydrogen) atoms. The zero-order chi connectivity index (χ0) is 11.7. The van der Waals surface area contributed by atoms with Gasteiger partial charge < -0.3 is 9.32 Å². The average molecular weight is 251 g/mol. The minimum absolute atomic E-state index is 0.347. The van der Waals surface area contributed by atoms with Gasteiger partial charge in [-0.1, -0.05) is 0 Å². The number of carbonyl (C=O) groups excluding carboxylic acids is 1. The van der Waals surface area contributed by atoms with Gasteiger partial charge in [-0.2, -0.15) is 0 Å². The molecule has 3 nitrogen and oxygen atoms in total. The van der Waals surface area contributed by atoms with E-state index in [-0.39, 0.29) is 0 Å². The molecule has 1 amide bonds. The van der Waals surface area contributed by atoms with Gasteiger partial charge in [0.25, 0.3) is 0 Å². The van der Waals surface area contributed by atoms with Crippen LogP contribution in [-0.2, 0) is 4.79 Å². The summed E-state index contributed by atoms with van der Waals surface area (Å²) in [4.78, 5) is 14.0. The first-order chi connectivity index (χ1) is 8.34. The maximum Gasteiger partial charge on any atom is 0.225 e. The molecule has 0 radical (unpaired) electrons. The molecule has 1 aliphatic heterocycles. The molecule has 0 N–H and O–H groups in total. The van der Waals surface area contributed by atoms with Crippen molar-refractivity contribution in [2.24, 2.45) is 5.92 Å². The summed E-state index contributed by atoms with van der Waals surface area (Å²) >= 11 is 1.91. The molecule has 1 aromatic heterocycles. The normalized spacial score (nSPS) is 25.6. The quantitative estimate of drug-likeness (QED) is 0.810. The van der Waals surface area contributed by atoms with Crippen molar-refractivity contribution in [3.8, 4) is 0 Å². The zero-order valence-electron chi connectivity index (χ0n) is 9.80.